The van der Waals surface area contributed by atoms with E-state index in [1.165, 1.54) is 18.9 Å². The highest BCUT2D eigenvalue weighted by Crippen LogP contribution is 2.25. The van der Waals surface area contributed by atoms with Gasteiger partial charge in [-0.2, -0.15) is 0 Å². The standard InChI is InChI=1S/C25H23N3O4S/c1-14-9-5-8-12-19(14)28-23(30)17-10-6-7-11-18(17)27-25(28)33-13-20(29)22-15(2)21(16(3)26-22)24(31)32-4/h5-12,26H,13H2,1-4H3. The van der Waals surface area contributed by atoms with Crippen molar-refractivity contribution in [3.8, 4) is 5.69 Å². The number of Topliss-reactive ketones (excluding diaryl/α,β-unsaturated/α-hetero) is 1. The number of para-hydroxylation sites is 2. The van der Waals surface area contributed by atoms with Crippen LogP contribution in [0.4, 0.5) is 0 Å². The smallest absolute Gasteiger partial charge is 0.339 e. The number of hydrogen-bond donors (Lipinski definition) is 1. The van der Waals surface area contributed by atoms with Crippen LogP contribution >= 0.6 is 11.8 Å². The number of nitrogens with one attached hydrogen (secondary N) is 1. The molecule has 0 spiro atoms. The third-order valence-electron chi connectivity index (χ3n) is 5.54. The van der Waals surface area contributed by atoms with Gasteiger partial charge < -0.3 is 9.72 Å². The van der Waals surface area contributed by atoms with Gasteiger partial charge in [0.2, 0.25) is 0 Å². The molecule has 0 aliphatic carbocycles. The van der Waals surface area contributed by atoms with Crippen molar-refractivity contribution in [3.05, 3.63) is 87.0 Å². The number of rotatable bonds is 6. The highest BCUT2D eigenvalue weighted by Gasteiger charge is 2.23. The number of aromatic amines is 1. The molecule has 0 radical (unpaired) electrons. The minimum Gasteiger partial charge on any atom is -0.465 e. The zero-order valence-electron chi connectivity index (χ0n) is 18.8. The number of ether oxygens (including phenoxy) is 1. The second-order valence-electron chi connectivity index (χ2n) is 7.67. The molecular formula is C25H23N3O4S. The summed E-state index contributed by atoms with van der Waals surface area (Å²) in [5.41, 5.74) is 3.87. The van der Waals surface area contributed by atoms with Crippen molar-refractivity contribution in [1.29, 1.82) is 0 Å². The monoisotopic (exact) mass is 461 g/mol. The number of esters is 1. The highest BCUT2D eigenvalue weighted by molar-refractivity contribution is 7.99. The van der Waals surface area contributed by atoms with E-state index in [0.717, 1.165) is 11.3 Å². The van der Waals surface area contributed by atoms with Gasteiger partial charge >= 0.3 is 5.97 Å². The average molecular weight is 462 g/mol. The fourth-order valence-corrected chi connectivity index (χ4v) is 4.75. The first-order valence-corrected chi connectivity index (χ1v) is 11.3. The molecular weight excluding hydrogens is 438 g/mol. The SMILES string of the molecule is COC(=O)c1c(C)[nH]c(C(=O)CSc2nc3ccccc3c(=O)n2-c2ccccc2C)c1C. The Labute approximate surface area is 194 Å². The van der Waals surface area contributed by atoms with Gasteiger partial charge in [-0.15, -0.1) is 0 Å². The number of ketones is 1. The van der Waals surface area contributed by atoms with Gasteiger partial charge in [-0.3, -0.25) is 14.2 Å². The fraction of sp³-hybridized carbons (Fsp3) is 0.200. The Morgan fingerprint density at radius 1 is 1.06 bits per heavy atom. The summed E-state index contributed by atoms with van der Waals surface area (Å²) < 4.78 is 6.38. The first-order chi connectivity index (χ1) is 15.8. The number of carbonyl (C=O) groups excluding carboxylic acids is 2. The lowest BCUT2D eigenvalue weighted by Gasteiger charge is -2.15. The molecule has 8 heteroatoms. The molecule has 4 rings (SSSR count). The number of thioether (sulfide) groups is 1. The van der Waals surface area contributed by atoms with E-state index < -0.39 is 5.97 Å². The van der Waals surface area contributed by atoms with Gasteiger partial charge in [0, 0.05) is 5.69 Å². The molecule has 33 heavy (non-hydrogen) atoms. The molecule has 0 atom stereocenters. The number of aromatic nitrogens is 3. The lowest BCUT2D eigenvalue weighted by atomic mass is 10.1. The molecule has 7 nitrogen and oxygen atoms in total. The van der Waals surface area contributed by atoms with Crippen molar-refractivity contribution in [2.24, 2.45) is 0 Å². The van der Waals surface area contributed by atoms with E-state index in [0.29, 0.717) is 38.6 Å². The zero-order chi connectivity index (χ0) is 23.7. The Bertz CT molecular complexity index is 1450. The molecule has 0 aliphatic rings. The predicted molar refractivity (Wildman–Crippen MR) is 129 cm³/mol. The molecule has 0 fully saturated rings. The average Bonchev–Trinajstić information content (AvgIpc) is 3.11. The van der Waals surface area contributed by atoms with Gasteiger partial charge in [-0.1, -0.05) is 42.1 Å². The third kappa shape index (κ3) is 4.09. The second-order valence-corrected chi connectivity index (χ2v) is 8.61. The quantitative estimate of drug-likeness (QED) is 0.198. The first-order valence-electron chi connectivity index (χ1n) is 10.3. The Morgan fingerprint density at radius 3 is 2.48 bits per heavy atom. The summed E-state index contributed by atoms with van der Waals surface area (Å²) in [6.45, 7) is 5.37. The summed E-state index contributed by atoms with van der Waals surface area (Å²) in [4.78, 5) is 46.2. The van der Waals surface area contributed by atoms with Crippen molar-refractivity contribution in [2.45, 2.75) is 25.9 Å². The van der Waals surface area contributed by atoms with E-state index in [1.54, 1.807) is 36.6 Å². The zero-order valence-corrected chi connectivity index (χ0v) is 19.6. The summed E-state index contributed by atoms with van der Waals surface area (Å²) in [7, 11) is 1.31. The molecule has 0 bridgehead atoms. The van der Waals surface area contributed by atoms with E-state index in [1.807, 2.05) is 37.3 Å². The Morgan fingerprint density at radius 2 is 1.76 bits per heavy atom. The molecule has 2 aromatic carbocycles. The third-order valence-corrected chi connectivity index (χ3v) is 6.48. The first kappa shape index (κ1) is 22.5. The molecule has 0 unspecified atom stereocenters. The van der Waals surface area contributed by atoms with Crippen molar-refractivity contribution in [2.75, 3.05) is 12.9 Å². The van der Waals surface area contributed by atoms with E-state index in [9.17, 15) is 14.4 Å². The maximum absolute atomic E-state index is 13.4. The van der Waals surface area contributed by atoms with Crippen LogP contribution in [0, 0.1) is 20.8 Å². The van der Waals surface area contributed by atoms with E-state index in [4.69, 9.17) is 9.72 Å². The van der Waals surface area contributed by atoms with Gasteiger partial charge in [0.05, 0.1) is 40.7 Å². The summed E-state index contributed by atoms with van der Waals surface area (Å²) >= 11 is 1.19. The van der Waals surface area contributed by atoms with Gasteiger partial charge in [-0.25, -0.2) is 9.78 Å². The molecule has 1 N–H and O–H groups in total. The topological polar surface area (TPSA) is 94.1 Å². The van der Waals surface area contributed by atoms with E-state index >= 15 is 0 Å². The molecule has 0 amide bonds. The minimum absolute atomic E-state index is 0.0397. The van der Waals surface area contributed by atoms with Crippen LogP contribution in [0.15, 0.2) is 58.5 Å². The lowest BCUT2D eigenvalue weighted by Crippen LogP contribution is -2.23. The Balaban J connectivity index is 1.75. The van der Waals surface area contributed by atoms with Crippen LogP contribution in [-0.4, -0.2) is 39.2 Å². The van der Waals surface area contributed by atoms with Crippen molar-refractivity contribution in [3.63, 3.8) is 0 Å². The molecule has 2 aromatic heterocycles. The number of fused-ring (bicyclic) bond motifs is 1. The summed E-state index contributed by atoms with van der Waals surface area (Å²) in [5, 5.41) is 0.936. The van der Waals surface area contributed by atoms with Crippen LogP contribution in [0.2, 0.25) is 0 Å². The molecule has 0 aliphatic heterocycles. The lowest BCUT2D eigenvalue weighted by molar-refractivity contribution is 0.0599. The van der Waals surface area contributed by atoms with Crippen molar-refractivity contribution in [1.82, 2.24) is 14.5 Å². The van der Waals surface area contributed by atoms with Gasteiger partial charge in [0.15, 0.2) is 10.9 Å². The Hall–Kier alpha value is -3.65. The maximum atomic E-state index is 13.4. The molecule has 168 valence electrons. The summed E-state index contributed by atoms with van der Waals surface area (Å²) in [5.74, 6) is -0.648. The van der Waals surface area contributed by atoms with Crippen molar-refractivity contribution >= 4 is 34.4 Å². The fourth-order valence-electron chi connectivity index (χ4n) is 3.88. The number of hydrogen-bond acceptors (Lipinski definition) is 6. The molecule has 0 saturated carbocycles. The maximum Gasteiger partial charge on any atom is 0.339 e. The minimum atomic E-state index is -0.488. The number of carbonyl (C=O) groups is 2. The summed E-state index contributed by atoms with van der Waals surface area (Å²) in [6.07, 6.45) is 0. The highest BCUT2D eigenvalue weighted by atomic mass is 32.2. The second kappa shape index (κ2) is 9.07. The molecule has 4 aromatic rings. The predicted octanol–water partition coefficient (Wildman–Crippen LogP) is 4.40. The van der Waals surface area contributed by atoms with Crippen LogP contribution in [-0.2, 0) is 4.74 Å². The molecule has 0 saturated heterocycles. The number of H-pyrrole nitrogens is 1. The molecule has 2 heterocycles. The van der Waals surface area contributed by atoms with E-state index in [2.05, 4.69) is 4.98 Å². The number of benzene rings is 2. The van der Waals surface area contributed by atoms with Crippen LogP contribution in [0.25, 0.3) is 16.6 Å². The number of methoxy groups -OCH3 is 1. The largest absolute Gasteiger partial charge is 0.465 e. The Kier molecular flexibility index (Phi) is 6.20. The van der Waals surface area contributed by atoms with Crippen molar-refractivity contribution < 1.29 is 14.3 Å². The van der Waals surface area contributed by atoms with E-state index in [-0.39, 0.29) is 17.1 Å². The van der Waals surface area contributed by atoms with Crippen LogP contribution < -0.4 is 5.56 Å². The normalized spacial score (nSPS) is 11.0. The van der Waals surface area contributed by atoms with Crippen LogP contribution in [0.1, 0.15) is 37.7 Å². The number of aryl methyl sites for hydroxylation is 2. The van der Waals surface area contributed by atoms with Gasteiger partial charge in [-0.05, 0) is 50.1 Å². The summed E-state index contributed by atoms with van der Waals surface area (Å²) in [6, 6.07) is 14.7. The van der Waals surface area contributed by atoms with Gasteiger partial charge in [0.1, 0.15) is 0 Å². The van der Waals surface area contributed by atoms with Crippen LogP contribution in [0.3, 0.4) is 0 Å². The number of nitrogens with zero attached hydrogens (tertiary/aromatic N) is 2. The van der Waals surface area contributed by atoms with Gasteiger partial charge in [0.25, 0.3) is 5.56 Å². The van der Waals surface area contributed by atoms with Crippen LogP contribution in [0.5, 0.6) is 0 Å².